The van der Waals surface area contributed by atoms with E-state index in [0.717, 1.165) is 43.7 Å². The first-order chi connectivity index (χ1) is 22.8. The molecule has 4 nitrogen and oxygen atoms in total. The van der Waals surface area contributed by atoms with Crippen LogP contribution in [0.2, 0.25) is 0 Å². The molecule has 0 amide bonds. The largest absolute Gasteiger partial charge is 0.309 e. The van der Waals surface area contributed by atoms with Crippen molar-refractivity contribution >= 4 is 43.2 Å². The minimum atomic E-state index is 0.652. The smallest absolute Gasteiger partial charge is 0.174 e. The molecule has 0 aliphatic carbocycles. The van der Waals surface area contributed by atoms with Crippen LogP contribution in [0.5, 0.6) is 0 Å². The van der Waals surface area contributed by atoms with Crippen LogP contribution in [-0.4, -0.2) is 19.5 Å². The van der Waals surface area contributed by atoms with Crippen molar-refractivity contribution in [3.8, 4) is 50.3 Å². The molecule has 0 saturated carbocycles. The summed E-state index contributed by atoms with van der Waals surface area (Å²) in [4.78, 5) is 16.4. The normalized spacial score (nSPS) is 11.5. The lowest BCUT2D eigenvalue weighted by Crippen LogP contribution is -2.00. The van der Waals surface area contributed by atoms with E-state index in [1.807, 2.05) is 6.07 Å². The number of para-hydroxylation sites is 2. The van der Waals surface area contributed by atoms with Gasteiger partial charge in [-0.2, -0.15) is 0 Å². The van der Waals surface area contributed by atoms with E-state index >= 15 is 0 Å². The van der Waals surface area contributed by atoms with E-state index in [9.17, 15) is 0 Å². The molecule has 0 aliphatic rings. The van der Waals surface area contributed by atoms with Gasteiger partial charge < -0.3 is 4.57 Å². The van der Waals surface area contributed by atoms with E-state index in [-0.39, 0.29) is 0 Å². The van der Waals surface area contributed by atoms with E-state index in [1.165, 1.54) is 21.0 Å². The van der Waals surface area contributed by atoms with Crippen molar-refractivity contribution in [3.05, 3.63) is 158 Å². The highest BCUT2D eigenvalue weighted by Crippen LogP contribution is 2.38. The third kappa shape index (κ3) is 4.48. The SMILES string of the molecule is c1ccc(-c2ccccc2-c2nc(-c3ccc4c(c3)c3ccccc3n4-c3ccccc3)nc(-c3cc4ccccc4s3)n2)cc1. The Hall–Kier alpha value is -5.91. The van der Waals surface area contributed by atoms with Crippen LogP contribution >= 0.6 is 11.3 Å². The Morgan fingerprint density at radius 1 is 0.435 bits per heavy atom. The Morgan fingerprint density at radius 3 is 1.93 bits per heavy atom. The summed E-state index contributed by atoms with van der Waals surface area (Å²) in [6, 6.07) is 55.1. The monoisotopic (exact) mass is 606 g/mol. The number of thiophene rings is 1. The van der Waals surface area contributed by atoms with Gasteiger partial charge in [-0.25, -0.2) is 15.0 Å². The maximum Gasteiger partial charge on any atom is 0.174 e. The molecule has 0 radical (unpaired) electrons. The first kappa shape index (κ1) is 26.5. The van der Waals surface area contributed by atoms with Crippen LogP contribution < -0.4 is 0 Å². The zero-order chi connectivity index (χ0) is 30.5. The average Bonchev–Trinajstić information content (AvgIpc) is 3.72. The molecule has 9 aromatic rings. The fourth-order valence-corrected chi connectivity index (χ4v) is 7.34. The van der Waals surface area contributed by atoms with E-state index in [4.69, 9.17) is 15.0 Å². The number of hydrogen-bond donors (Lipinski definition) is 0. The molecule has 0 bridgehead atoms. The molecular formula is C41H26N4S. The van der Waals surface area contributed by atoms with Gasteiger partial charge in [0.1, 0.15) is 0 Å². The van der Waals surface area contributed by atoms with Crippen LogP contribution in [0.1, 0.15) is 0 Å². The molecule has 0 N–H and O–H groups in total. The fraction of sp³-hybridized carbons (Fsp3) is 0. The van der Waals surface area contributed by atoms with Gasteiger partial charge in [-0.1, -0.05) is 109 Å². The second-order valence-corrected chi connectivity index (χ2v) is 12.4. The molecule has 0 saturated heterocycles. The Morgan fingerprint density at radius 2 is 1.09 bits per heavy atom. The second kappa shape index (κ2) is 10.9. The van der Waals surface area contributed by atoms with Crippen molar-refractivity contribution in [1.29, 1.82) is 0 Å². The van der Waals surface area contributed by atoms with Gasteiger partial charge in [0.15, 0.2) is 17.5 Å². The lowest BCUT2D eigenvalue weighted by molar-refractivity contribution is 1.08. The summed E-state index contributed by atoms with van der Waals surface area (Å²) < 4.78 is 3.53. The van der Waals surface area contributed by atoms with Gasteiger partial charge in [0.25, 0.3) is 0 Å². The Balaban J connectivity index is 1.28. The fourth-order valence-electron chi connectivity index (χ4n) is 6.34. The molecule has 9 rings (SSSR count). The summed E-state index contributed by atoms with van der Waals surface area (Å²) >= 11 is 1.71. The summed E-state index contributed by atoms with van der Waals surface area (Å²) in [7, 11) is 0. The van der Waals surface area contributed by atoms with Crippen molar-refractivity contribution in [2.45, 2.75) is 0 Å². The summed E-state index contributed by atoms with van der Waals surface area (Å²) in [6.07, 6.45) is 0. The van der Waals surface area contributed by atoms with Crippen LogP contribution in [0.25, 0.3) is 82.2 Å². The number of rotatable bonds is 5. The van der Waals surface area contributed by atoms with Crippen LogP contribution in [0.4, 0.5) is 0 Å². The maximum atomic E-state index is 5.17. The minimum absolute atomic E-state index is 0.652. The quantitative estimate of drug-likeness (QED) is 0.196. The first-order valence-corrected chi connectivity index (χ1v) is 16.1. The summed E-state index contributed by atoms with van der Waals surface area (Å²) in [5.74, 6) is 1.98. The van der Waals surface area contributed by atoms with Gasteiger partial charge >= 0.3 is 0 Å². The first-order valence-electron chi connectivity index (χ1n) is 15.3. The molecule has 3 heterocycles. The predicted octanol–water partition coefficient (Wildman–Crippen LogP) is 10.9. The molecule has 0 atom stereocenters. The number of aromatic nitrogens is 4. The molecule has 0 unspecified atom stereocenters. The molecule has 0 aliphatic heterocycles. The van der Waals surface area contributed by atoms with Gasteiger partial charge in [-0.05, 0) is 65.0 Å². The summed E-state index contributed by atoms with van der Waals surface area (Å²) in [5, 5.41) is 3.54. The standard InChI is InChI=1S/C41H26N4S/c1-3-13-27(14-4-1)31-18-8-9-20-33(31)40-42-39(43-41(44-40)38-26-28-15-7-12-22-37(28)46-38)29-23-24-36-34(25-29)32-19-10-11-21-35(32)45(36)30-16-5-2-6-17-30/h1-26H. The Bertz CT molecular complexity index is 2500. The third-order valence-corrected chi connectivity index (χ3v) is 9.59. The molecule has 216 valence electrons. The van der Waals surface area contributed by atoms with Crippen molar-refractivity contribution in [2.24, 2.45) is 0 Å². The number of benzene rings is 6. The van der Waals surface area contributed by atoms with E-state index in [0.29, 0.717) is 17.5 Å². The zero-order valence-electron chi connectivity index (χ0n) is 24.7. The van der Waals surface area contributed by atoms with Gasteiger partial charge in [-0.3, -0.25) is 0 Å². The van der Waals surface area contributed by atoms with Gasteiger partial charge in [0, 0.05) is 32.3 Å². The predicted molar refractivity (Wildman–Crippen MR) is 191 cm³/mol. The molecule has 3 aromatic heterocycles. The summed E-state index contributed by atoms with van der Waals surface area (Å²) in [5.41, 5.74) is 7.58. The van der Waals surface area contributed by atoms with Crippen molar-refractivity contribution in [1.82, 2.24) is 19.5 Å². The molecule has 46 heavy (non-hydrogen) atoms. The van der Waals surface area contributed by atoms with Crippen molar-refractivity contribution < 1.29 is 0 Å². The van der Waals surface area contributed by atoms with Gasteiger partial charge in [0.2, 0.25) is 0 Å². The summed E-state index contributed by atoms with van der Waals surface area (Å²) in [6.45, 7) is 0. The van der Waals surface area contributed by atoms with E-state index < -0.39 is 0 Å². The topological polar surface area (TPSA) is 43.6 Å². The maximum absolute atomic E-state index is 5.17. The second-order valence-electron chi connectivity index (χ2n) is 11.3. The minimum Gasteiger partial charge on any atom is -0.309 e. The molecule has 5 heteroatoms. The van der Waals surface area contributed by atoms with Crippen LogP contribution in [0.15, 0.2) is 158 Å². The zero-order valence-corrected chi connectivity index (χ0v) is 25.5. The highest BCUT2D eigenvalue weighted by molar-refractivity contribution is 7.22. The van der Waals surface area contributed by atoms with E-state index in [1.54, 1.807) is 11.3 Å². The highest BCUT2D eigenvalue weighted by Gasteiger charge is 2.19. The average molecular weight is 607 g/mol. The van der Waals surface area contributed by atoms with Crippen molar-refractivity contribution in [2.75, 3.05) is 0 Å². The molecular weight excluding hydrogens is 581 g/mol. The lowest BCUT2D eigenvalue weighted by atomic mass is 9.99. The molecule has 0 spiro atoms. The lowest BCUT2D eigenvalue weighted by Gasteiger charge is -2.12. The van der Waals surface area contributed by atoms with Gasteiger partial charge in [-0.15, -0.1) is 11.3 Å². The van der Waals surface area contributed by atoms with Gasteiger partial charge in [0.05, 0.1) is 15.9 Å². The van der Waals surface area contributed by atoms with Crippen LogP contribution in [-0.2, 0) is 0 Å². The third-order valence-electron chi connectivity index (χ3n) is 8.48. The molecule has 0 fully saturated rings. The Labute approximate surface area is 269 Å². The number of nitrogens with zero attached hydrogens (tertiary/aromatic N) is 4. The van der Waals surface area contributed by atoms with Crippen LogP contribution in [0.3, 0.4) is 0 Å². The highest BCUT2D eigenvalue weighted by atomic mass is 32.1. The van der Waals surface area contributed by atoms with E-state index in [2.05, 4.69) is 156 Å². The molecule has 6 aromatic carbocycles. The van der Waals surface area contributed by atoms with Crippen molar-refractivity contribution in [3.63, 3.8) is 0 Å². The number of fused-ring (bicyclic) bond motifs is 4. The van der Waals surface area contributed by atoms with Crippen LogP contribution in [0, 0.1) is 0 Å². The Kier molecular flexibility index (Phi) is 6.28. The number of hydrogen-bond acceptors (Lipinski definition) is 4.